The molecule has 4 aromatic carbocycles. The van der Waals surface area contributed by atoms with Gasteiger partial charge in [-0.25, -0.2) is 20.0 Å². The number of hydrogen-bond donors (Lipinski definition) is 4. The molecule has 336 valence electrons. The first kappa shape index (κ1) is 44.6. The lowest BCUT2D eigenvalue weighted by Gasteiger charge is -2.22. The van der Waals surface area contributed by atoms with Crippen LogP contribution in [0, 0.1) is 0 Å². The molecule has 12 nitrogen and oxygen atoms in total. The van der Waals surface area contributed by atoms with E-state index in [-0.39, 0.29) is 49.3 Å². The molecule has 0 aromatic heterocycles. The topological polar surface area (TPSA) is 166 Å². The lowest BCUT2D eigenvalue weighted by molar-refractivity contribution is -0.116. The van der Waals surface area contributed by atoms with E-state index in [2.05, 4.69) is 21.3 Å². The van der Waals surface area contributed by atoms with E-state index in [1.807, 2.05) is 146 Å². The van der Waals surface area contributed by atoms with E-state index in [9.17, 15) is 19.2 Å². The molecule has 0 spiro atoms. The smallest absolute Gasteiger partial charge is 0.224 e. The molecule has 0 radical (unpaired) electrons. The summed E-state index contributed by atoms with van der Waals surface area (Å²) in [5.41, 5.74) is 12.0. The minimum atomic E-state index is -0.199. The molecule has 0 aliphatic carbocycles. The van der Waals surface area contributed by atoms with Crippen molar-refractivity contribution >= 4 is 91.5 Å². The number of amides is 4. The Balaban J connectivity index is 1.48. The van der Waals surface area contributed by atoms with Crippen molar-refractivity contribution in [2.45, 2.75) is 53.4 Å². The summed E-state index contributed by atoms with van der Waals surface area (Å²) in [4.78, 5) is 74.3. The molecule has 0 atom stereocenters. The van der Waals surface area contributed by atoms with Crippen molar-refractivity contribution in [2.24, 2.45) is 20.0 Å². The van der Waals surface area contributed by atoms with E-state index in [1.165, 1.54) is 0 Å². The fraction of sp³-hybridized carbons (Fsp3) is 0.143. The van der Waals surface area contributed by atoms with Crippen LogP contribution in [0.5, 0.6) is 0 Å². The molecule has 5 aliphatic rings. The molecule has 8 bridgehead atoms. The SMILES string of the molecule is CCC(=O)Nc1ccccc1C1=CC2=CC3=NC(=CC4=NC(=CC5=NC(=C(c6ccccc6NC(=O)CC)C1=N2)C(c1ccccc1NC(=O)CC)=C5c1ccccc1NC(=O)CC)C=C4)C=C3. The van der Waals surface area contributed by atoms with E-state index >= 15 is 0 Å². The third-order valence-electron chi connectivity index (χ3n) is 11.7. The van der Waals surface area contributed by atoms with Crippen LogP contribution >= 0.6 is 0 Å². The molecule has 4 aromatic rings. The van der Waals surface area contributed by atoms with Crippen LogP contribution < -0.4 is 21.3 Å². The van der Waals surface area contributed by atoms with E-state index < -0.39 is 0 Å². The summed E-state index contributed by atoms with van der Waals surface area (Å²) in [5, 5.41) is 12.6. The highest BCUT2D eigenvalue weighted by Crippen LogP contribution is 2.50. The maximum atomic E-state index is 13.4. The number of allylic oxidation sites excluding steroid dienone is 12. The number of anilines is 4. The van der Waals surface area contributed by atoms with Crippen LogP contribution in [0.15, 0.2) is 188 Å². The van der Waals surface area contributed by atoms with Gasteiger partial charge >= 0.3 is 0 Å². The number of aliphatic imine (C=N–C) groups is 4. The van der Waals surface area contributed by atoms with E-state index in [0.29, 0.717) is 113 Å². The number of carbonyl (C=O) groups excluding carboxylic acids is 4. The quantitative estimate of drug-likeness (QED) is 0.111. The number of benzene rings is 4. The number of carbonyl (C=O) groups is 4. The fourth-order valence-electron chi connectivity index (χ4n) is 8.34. The Labute approximate surface area is 394 Å². The number of fused-ring (bicyclic) bond motifs is 4. The third-order valence-corrected chi connectivity index (χ3v) is 11.7. The van der Waals surface area contributed by atoms with Gasteiger partial charge in [0, 0.05) is 93.0 Å². The molecule has 0 fully saturated rings. The summed E-state index contributed by atoms with van der Waals surface area (Å²) in [6.45, 7) is 7.19. The second kappa shape index (κ2) is 19.4. The van der Waals surface area contributed by atoms with Crippen molar-refractivity contribution in [3.8, 4) is 0 Å². The molecule has 4 N–H and O–H groups in total. The minimum absolute atomic E-state index is 0.161. The molecule has 12 heteroatoms. The van der Waals surface area contributed by atoms with Crippen molar-refractivity contribution in [2.75, 3.05) is 21.3 Å². The Bertz CT molecular complexity index is 3240. The second-order valence-electron chi connectivity index (χ2n) is 16.2. The van der Waals surface area contributed by atoms with Crippen molar-refractivity contribution in [1.82, 2.24) is 0 Å². The van der Waals surface area contributed by atoms with Crippen LogP contribution in [-0.2, 0) is 19.2 Å². The van der Waals surface area contributed by atoms with Gasteiger partial charge in [0.25, 0.3) is 0 Å². The summed E-state index contributed by atoms with van der Waals surface area (Å²) >= 11 is 0. The molecule has 4 amide bonds. The van der Waals surface area contributed by atoms with Gasteiger partial charge in [-0.2, -0.15) is 0 Å². The molecule has 5 heterocycles. The summed E-state index contributed by atoms with van der Waals surface area (Å²) < 4.78 is 0. The number of rotatable bonds is 12. The van der Waals surface area contributed by atoms with Crippen LogP contribution in [0.25, 0.3) is 22.3 Å². The molecular weight excluding hydrogens is 849 g/mol. The molecule has 0 saturated carbocycles. The monoisotopic (exact) mass is 896 g/mol. The van der Waals surface area contributed by atoms with Crippen LogP contribution in [0.2, 0.25) is 0 Å². The highest BCUT2D eigenvalue weighted by Gasteiger charge is 2.36. The lowest BCUT2D eigenvalue weighted by atomic mass is 9.84. The molecule has 68 heavy (non-hydrogen) atoms. The Morgan fingerprint density at radius 3 is 1.28 bits per heavy atom. The standard InChI is InChI=1S/C56H48N8O4/c1-5-48(65)60-43-21-13-9-17-38(43)42-31-37-30-35-26-25-33(57-35)29-34-27-28-36(58-34)32-47-52(39-18-10-14-22-44(39)61-49(66)6-2)53(40-19-11-15-23-45(40)62-50(67)7-3)56(64-47)54(55(42)59-37)41-20-12-16-24-46(41)63-51(68)8-4/h9-32H,5-8H2,1-4H3,(H,60,65)(H,61,66)(H,62,67)(H,63,68). The van der Waals surface area contributed by atoms with E-state index in [0.717, 1.165) is 0 Å². The van der Waals surface area contributed by atoms with Gasteiger partial charge < -0.3 is 21.3 Å². The van der Waals surface area contributed by atoms with Crippen molar-refractivity contribution in [1.29, 1.82) is 0 Å². The number of para-hydroxylation sites is 4. The zero-order chi connectivity index (χ0) is 47.3. The largest absolute Gasteiger partial charge is 0.326 e. The fourth-order valence-corrected chi connectivity index (χ4v) is 8.34. The zero-order valence-corrected chi connectivity index (χ0v) is 38.1. The predicted octanol–water partition coefficient (Wildman–Crippen LogP) is 11.1. The van der Waals surface area contributed by atoms with Gasteiger partial charge in [-0.05, 0) is 72.9 Å². The van der Waals surface area contributed by atoms with Crippen molar-refractivity contribution < 1.29 is 19.2 Å². The maximum absolute atomic E-state index is 13.4. The normalized spacial score (nSPS) is 15.7. The average Bonchev–Trinajstić information content (AvgIpc) is 4.17. The van der Waals surface area contributed by atoms with Crippen molar-refractivity contribution in [3.05, 3.63) is 191 Å². The van der Waals surface area contributed by atoms with E-state index in [4.69, 9.17) is 20.0 Å². The Hall–Kier alpha value is -8.64. The first-order chi connectivity index (χ1) is 33.1. The molecule has 5 aliphatic heterocycles. The van der Waals surface area contributed by atoms with Crippen LogP contribution in [0.3, 0.4) is 0 Å². The van der Waals surface area contributed by atoms with Gasteiger partial charge in [0.1, 0.15) is 0 Å². The number of nitrogens with zero attached hydrogens (tertiary/aromatic N) is 4. The highest BCUT2D eigenvalue weighted by molar-refractivity contribution is 6.51. The highest BCUT2D eigenvalue weighted by atomic mass is 16.2. The van der Waals surface area contributed by atoms with Crippen LogP contribution in [0.1, 0.15) is 75.6 Å². The molecular formula is C56H48N8O4. The van der Waals surface area contributed by atoms with Gasteiger partial charge in [-0.3, -0.25) is 19.2 Å². The first-order valence-corrected chi connectivity index (χ1v) is 22.8. The van der Waals surface area contributed by atoms with Crippen molar-refractivity contribution in [3.63, 3.8) is 0 Å². The van der Waals surface area contributed by atoms with Crippen LogP contribution in [0.4, 0.5) is 22.7 Å². The zero-order valence-electron chi connectivity index (χ0n) is 38.1. The first-order valence-electron chi connectivity index (χ1n) is 22.8. The van der Waals surface area contributed by atoms with Gasteiger partial charge in [-0.15, -0.1) is 0 Å². The lowest BCUT2D eigenvalue weighted by Crippen LogP contribution is -2.15. The number of nitrogens with one attached hydrogen (secondary N) is 4. The summed E-state index contributed by atoms with van der Waals surface area (Å²) in [6.07, 6.45) is 16.4. The average molecular weight is 897 g/mol. The van der Waals surface area contributed by atoms with Gasteiger partial charge in [0.2, 0.25) is 23.6 Å². The number of hydrogen-bond acceptors (Lipinski definition) is 8. The summed E-state index contributed by atoms with van der Waals surface area (Å²) in [5.74, 6) is -0.728. The summed E-state index contributed by atoms with van der Waals surface area (Å²) in [6, 6.07) is 30.3. The summed E-state index contributed by atoms with van der Waals surface area (Å²) in [7, 11) is 0. The van der Waals surface area contributed by atoms with E-state index in [1.54, 1.807) is 27.7 Å². The predicted molar refractivity (Wildman–Crippen MR) is 275 cm³/mol. The van der Waals surface area contributed by atoms with Gasteiger partial charge in [0.05, 0.1) is 45.6 Å². The molecule has 0 saturated heterocycles. The molecule has 0 unspecified atom stereocenters. The Morgan fingerprint density at radius 2 is 0.794 bits per heavy atom. The third kappa shape index (κ3) is 9.12. The maximum Gasteiger partial charge on any atom is 0.224 e. The Morgan fingerprint density at radius 1 is 0.397 bits per heavy atom. The minimum Gasteiger partial charge on any atom is -0.326 e. The molecule has 9 rings (SSSR count). The Kier molecular flexibility index (Phi) is 12.7. The van der Waals surface area contributed by atoms with Gasteiger partial charge in [-0.1, -0.05) is 100 Å². The second-order valence-corrected chi connectivity index (χ2v) is 16.2. The van der Waals surface area contributed by atoms with Crippen LogP contribution in [-0.4, -0.2) is 46.5 Å². The van der Waals surface area contributed by atoms with Gasteiger partial charge in [0.15, 0.2) is 0 Å².